The first-order chi connectivity index (χ1) is 9.62. The molecule has 1 atom stereocenters. The van der Waals surface area contributed by atoms with Gasteiger partial charge in [-0.25, -0.2) is 0 Å². The second-order valence-electron chi connectivity index (χ2n) is 4.19. The van der Waals surface area contributed by atoms with Crippen molar-refractivity contribution >= 4 is 30.7 Å². The van der Waals surface area contributed by atoms with Gasteiger partial charge in [-0.05, 0) is 0 Å². The van der Waals surface area contributed by atoms with Crippen molar-refractivity contribution in [2.24, 2.45) is 0 Å². The summed E-state index contributed by atoms with van der Waals surface area (Å²) >= 11 is -4.81. The molecule has 0 aromatic rings. The fraction of sp³-hybridized carbons (Fsp3) is 0.778. The van der Waals surface area contributed by atoms with Crippen LogP contribution in [0, 0.1) is 0 Å². The minimum atomic E-state index is -6.13. The first-order valence-electron chi connectivity index (χ1n) is 5.46. The van der Waals surface area contributed by atoms with Crippen molar-refractivity contribution in [3.63, 3.8) is 0 Å². The number of hydrogen-bond acceptors (Lipinski definition) is 3. The van der Waals surface area contributed by atoms with Crippen LogP contribution in [0.15, 0.2) is 12.2 Å². The molecule has 3 nitrogen and oxygen atoms in total. The molecule has 0 aromatic carbocycles. The molecule has 1 aliphatic carbocycles. The fourth-order valence-corrected chi connectivity index (χ4v) is 8.17. The Labute approximate surface area is 128 Å². The summed E-state index contributed by atoms with van der Waals surface area (Å²) in [4.78, 5) is 0. The van der Waals surface area contributed by atoms with Gasteiger partial charge < -0.3 is 0 Å². The molecular weight excluding hydrogens is 467 g/mol. The molecule has 1 aliphatic rings. The Morgan fingerprint density at radius 2 is 1.50 bits per heavy atom. The molecule has 132 valence electrons. The van der Waals surface area contributed by atoms with E-state index in [0.717, 1.165) is 0 Å². The van der Waals surface area contributed by atoms with Crippen molar-refractivity contribution in [3.05, 3.63) is 12.2 Å². The van der Waals surface area contributed by atoms with Gasteiger partial charge >= 0.3 is 128 Å². The van der Waals surface area contributed by atoms with Crippen molar-refractivity contribution < 1.29 is 45.5 Å². The normalized spacial score (nSPS) is 30.1. The van der Waals surface area contributed by atoms with Gasteiger partial charge in [0.05, 0.1) is 0 Å². The predicted molar refractivity (Wildman–Crippen MR) is 68.1 cm³/mol. The van der Waals surface area contributed by atoms with Crippen LogP contribution in [0.4, 0.5) is 34.6 Å². The number of rotatable bonds is 5. The van der Waals surface area contributed by atoms with Crippen molar-refractivity contribution in [2.45, 2.75) is 34.8 Å². The summed E-state index contributed by atoms with van der Waals surface area (Å²) in [6, 6.07) is 0. The third-order valence-electron chi connectivity index (χ3n) is 2.55. The van der Waals surface area contributed by atoms with Crippen LogP contribution in [0.5, 0.6) is 0 Å². The quantitative estimate of drug-likeness (QED) is 0.197. The molecule has 0 spiro atoms. The summed E-state index contributed by atoms with van der Waals surface area (Å²) in [6.07, 6.45) is -1.53. The molecule has 0 heterocycles. The first kappa shape index (κ1) is 19.9. The zero-order chi connectivity index (χ0) is 17.6. The van der Waals surface area contributed by atoms with Crippen LogP contribution in [-0.4, -0.2) is 34.3 Å². The summed E-state index contributed by atoms with van der Waals surface area (Å²) in [5, 5.41) is 0. The van der Waals surface area contributed by atoms with E-state index in [1.165, 1.54) is 6.92 Å². The topological polar surface area (TPSA) is 43.4 Å². The molecule has 0 N–H and O–H groups in total. The molecule has 13 heteroatoms. The van der Waals surface area contributed by atoms with E-state index in [1.54, 1.807) is 0 Å². The number of alkyl halides is 9. The van der Waals surface area contributed by atoms with Crippen LogP contribution in [0.3, 0.4) is 0 Å². The zero-order valence-electron chi connectivity index (χ0n) is 10.6. The van der Waals surface area contributed by atoms with E-state index in [1.807, 2.05) is 0 Å². The summed E-state index contributed by atoms with van der Waals surface area (Å²) in [6.45, 7) is 1.24. The van der Waals surface area contributed by atoms with Gasteiger partial charge in [-0.2, -0.15) is 0 Å². The molecular formula is C9H9F8IO3S. The maximum absolute atomic E-state index is 14.4. The summed E-state index contributed by atoms with van der Waals surface area (Å²) in [5.74, 6) is -17.5. The van der Waals surface area contributed by atoms with Gasteiger partial charge in [0.1, 0.15) is 0 Å². The molecule has 1 rings (SSSR count). The number of halogens is 9. The average molecular weight is 476 g/mol. The summed E-state index contributed by atoms with van der Waals surface area (Å²) in [5.41, 5.74) is 0. The second kappa shape index (κ2) is 5.72. The van der Waals surface area contributed by atoms with Gasteiger partial charge in [-0.3, -0.25) is 0 Å². The SMILES string of the molecule is CCCI(OS(=O)(=O)F)C1(F)C=CC(F)(F)C(F)(F)C1(F)F. The van der Waals surface area contributed by atoms with E-state index in [2.05, 4.69) is 2.51 Å². The number of hydrogen-bond donors (Lipinski definition) is 0. The molecule has 0 radical (unpaired) electrons. The van der Waals surface area contributed by atoms with Gasteiger partial charge in [0.25, 0.3) is 0 Å². The van der Waals surface area contributed by atoms with Gasteiger partial charge in [-0.15, -0.1) is 0 Å². The van der Waals surface area contributed by atoms with Crippen LogP contribution in [-0.2, 0) is 13.0 Å². The van der Waals surface area contributed by atoms with Crippen LogP contribution in [0.1, 0.15) is 13.3 Å². The van der Waals surface area contributed by atoms with Crippen LogP contribution in [0.2, 0.25) is 0 Å². The van der Waals surface area contributed by atoms with E-state index in [0.29, 0.717) is 0 Å². The molecule has 0 saturated carbocycles. The average Bonchev–Trinajstić information content (AvgIpc) is 2.32. The number of allylic oxidation sites excluding steroid dienone is 2. The summed E-state index contributed by atoms with van der Waals surface area (Å²) in [7, 11) is -5.92. The second-order valence-corrected chi connectivity index (χ2v) is 10.7. The van der Waals surface area contributed by atoms with E-state index in [-0.39, 0.29) is 6.42 Å². The molecule has 0 bridgehead atoms. The monoisotopic (exact) mass is 476 g/mol. The van der Waals surface area contributed by atoms with Crippen LogP contribution in [0.25, 0.3) is 0 Å². The minimum absolute atomic E-state index is 0.210. The van der Waals surface area contributed by atoms with Gasteiger partial charge in [0.15, 0.2) is 0 Å². The Kier molecular flexibility index (Phi) is 5.16. The fourth-order valence-electron chi connectivity index (χ4n) is 1.52. The Balaban J connectivity index is 3.46. The third kappa shape index (κ3) is 3.07. The van der Waals surface area contributed by atoms with Gasteiger partial charge in [0.2, 0.25) is 0 Å². The molecule has 0 amide bonds. The van der Waals surface area contributed by atoms with Gasteiger partial charge in [0, 0.05) is 0 Å². The van der Waals surface area contributed by atoms with Crippen molar-refractivity contribution in [1.82, 2.24) is 0 Å². The Bertz CT molecular complexity index is 563. The van der Waals surface area contributed by atoms with E-state index in [9.17, 15) is 43.0 Å². The van der Waals surface area contributed by atoms with Gasteiger partial charge in [-0.1, -0.05) is 0 Å². The Hall–Kier alpha value is -0.180. The molecule has 0 saturated heterocycles. The maximum atomic E-state index is 14.4. The zero-order valence-corrected chi connectivity index (χ0v) is 13.6. The Morgan fingerprint density at radius 1 is 1.00 bits per heavy atom. The summed E-state index contributed by atoms with van der Waals surface area (Å²) < 4.78 is 126. The van der Waals surface area contributed by atoms with E-state index >= 15 is 0 Å². The standard InChI is InChI=1S/C9H9F8IO3S/c1-2-5-18(21-22(17,19)20)7(12)4-3-6(10,11)8(13,14)9(7,15)16/h3-4H,2,5H2,1H3. The third-order valence-corrected chi connectivity index (χ3v) is 10.3. The molecule has 22 heavy (non-hydrogen) atoms. The van der Waals surface area contributed by atoms with E-state index in [4.69, 9.17) is 0 Å². The Morgan fingerprint density at radius 3 is 1.91 bits per heavy atom. The van der Waals surface area contributed by atoms with Crippen molar-refractivity contribution in [3.8, 4) is 0 Å². The van der Waals surface area contributed by atoms with Crippen molar-refractivity contribution in [2.75, 3.05) is 4.43 Å². The molecule has 0 aliphatic heterocycles. The molecule has 0 aromatic heterocycles. The molecule has 0 fully saturated rings. The van der Waals surface area contributed by atoms with Crippen LogP contribution >= 0.6 is 20.2 Å². The first-order valence-corrected chi connectivity index (χ1v) is 10.2. The van der Waals surface area contributed by atoms with E-state index < -0.39 is 68.8 Å². The van der Waals surface area contributed by atoms with Crippen LogP contribution < -0.4 is 0 Å². The molecule has 1 unspecified atom stereocenters. The predicted octanol–water partition coefficient (Wildman–Crippen LogP) is 4.19. The van der Waals surface area contributed by atoms with Crippen molar-refractivity contribution in [1.29, 1.82) is 0 Å².